The van der Waals surface area contributed by atoms with Crippen molar-refractivity contribution < 1.29 is 9.84 Å². The van der Waals surface area contributed by atoms with E-state index in [9.17, 15) is 5.11 Å². The molecule has 1 aromatic carbocycles. The molecule has 0 radical (unpaired) electrons. The van der Waals surface area contributed by atoms with Gasteiger partial charge < -0.3 is 9.84 Å². The summed E-state index contributed by atoms with van der Waals surface area (Å²) in [5, 5.41) is 11.1. The number of halogens is 1. The van der Waals surface area contributed by atoms with Crippen molar-refractivity contribution in [1.29, 1.82) is 0 Å². The molecule has 3 heteroatoms. The van der Waals surface area contributed by atoms with Crippen LogP contribution in [0.4, 0.5) is 0 Å². The highest BCUT2D eigenvalue weighted by Crippen LogP contribution is 2.43. The summed E-state index contributed by atoms with van der Waals surface area (Å²) in [5.74, 6) is 0.980. The molecule has 0 aromatic heterocycles. The van der Waals surface area contributed by atoms with Crippen molar-refractivity contribution in [2.75, 3.05) is 7.11 Å². The Bertz CT molecular complexity index is 432. The van der Waals surface area contributed by atoms with Gasteiger partial charge in [-0.1, -0.05) is 31.5 Å². The maximum atomic E-state index is 10.5. The van der Waals surface area contributed by atoms with Crippen LogP contribution in [-0.2, 0) is 0 Å². The summed E-state index contributed by atoms with van der Waals surface area (Å²) in [6, 6.07) is 5.55. The summed E-state index contributed by atoms with van der Waals surface area (Å²) >= 11 is 6.02. The maximum Gasteiger partial charge on any atom is 0.137 e. The average Bonchev–Trinajstić information content (AvgIpc) is 2.38. The predicted molar refractivity (Wildman–Crippen MR) is 78.7 cm³/mol. The monoisotopic (exact) mass is 282 g/mol. The minimum atomic E-state index is -0.415. The Kier molecular flexibility index (Phi) is 4.42. The molecule has 1 fully saturated rings. The topological polar surface area (TPSA) is 29.5 Å². The lowest BCUT2D eigenvalue weighted by molar-refractivity contribution is 0.0566. The van der Waals surface area contributed by atoms with Crippen molar-refractivity contribution in [1.82, 2.24) is 0 Å². The lowest BCUT2D eigenvalue weighted by atomic mass is 9.71. The van der Waals surface area contributed by atoms with E-state index < -0.39 is 6.10 Å². The first-order valence-electron chi connectivity index (χ1n) is 6.94. The molecule has 1 aliphatic carbocycles. The molecule has 2 rings (SSSR count). The molecule has 0 saturated heterocycles. The van der Waals surface area contributed by atoms with Crippen LogP contribution in [-0.4, -0.2) is 12.2 Å². The van der Waals surface area contributed by atoms with Gasteiger partial charge in [0, 0.05) is 0 Å². The second-order valence-corrected chi connectivity index (χ2v) is 6.75. The summed E-state index contributed by atoms with van der Waals surface area (Å²) in [7, 11) is 1.60. The molecule has 1 aliphatic rings. The lowest BCUT2D eigenvalue weighted by Crippen LogP contribution is -2.25. The predicted octanol–water partition coefficient (Wildman–Crippen LogP) is 4.60. The number of aliphatic hydroxyl groups excluding tert-OH is 1. The molecule has 0 aliphatic heterocycles. The second-order valence-electron chi connectivity index (χ2n) is 6.34. The van der Waals surface area contributed by atoms with Crippen molar-refractivity contribution >= 4 is 11.6 Å². The van der Waals surface area contributed by atoms with Crippen LogP contribution < -0.4 is 4.74 Å². The summed E-state index contributed by atoms with van der Waals surface area (Å²) in [6.45, 7) is 4.61. The molecule has 2 nitrogen and oxygen atoms in total. The summed E-state index contributed by atoms with van der Waals surface area (Å²) in [5.41, 5.74) is 1.33. The molecular formula is C16H23ClO2. The van der Waals surface area contributed by atoms with Gasteiger partial charge in [0.1, 0.15) is 5.75 Å². The lowest BCUT2D eigenvalue weighted by Gasteiger charge is -2.36. The number of benzene rings is 1. The zero-order valence-electron chi connectivity index (χ0n) is 11.9. The molecular weight excluding hydrogens is 260 g/mol. The van der Waals surface area contributed by atoms with Crippen molar-refractivity contribution in [3.63, 3.8) is 0 Å². The number of hydrogen-bond donors (Lipinski definition) is 1. The van der Waals surface area contributed by atoms with Gasteiger partial charge >= 0.3 is 0 Å². The van der Waals surface area contributed by atoms with E-state index in [0.717, 1.165) is 18.4 Å². The van der Waals surface area contributed by atoms with Gasteiger partial charge in [-0.05, 0) is 54.7 Å². The van der Waals surface area contributed by atoms with Gasteiger partial charge in [0.2, 0.25) is 0 Å². The van der Waals surface area contributed by atoms with Crippen LogP contribution in [0.5, 0.6) is 5.75 Å². The zero-order chi connectivity index (χ0) is 14.0. The molecule has 1 unspecified atom stereocenters. The molecule has 1 aromatic rings. The van der Waals surface area contributed by atoms with E-state index in [1.165, 1.54) is 12.8 Å². The molecule has 0 amide bonds. The normalized spacial score (nSPS) is 21.1. The Morgan fingerprint density at radius 3 is 2.53 bits per heavy atom. The number of aliphatic hydroxyl groups is 1. The minimum Gasteiger partial charge on any atom is -0.495 e. The largest absolute Gasteiger partial charge is 0.495 e. The standard InChI is InChI=1S/C16H23ClO2/c1-16(2)8-6-11(7-9-16)15(18)12-4-5-13(17)14(10-12)19-3/h4-5,10-11,15,18H,6-9H2,1-3H3. The Balaban J connectivity index is 2.10. The van der Waals surface area contributed by atoms with E-state index in [4.69, 9.17) is 16.3 Å². The number of ether oxygens (including phenoxy) is 1. The van der Waals surface area contributed by atoms with Crippen LogP contribution in [0.3, 0.4) is 0 Å². The van der Waals surface area contributed by atoms with Crippen LogP contribution in [0.15, 0.2) is 18.2 Å². The number of rotatable bonds is 3. The van der Waals surface area contributed by atoms with E-state index in [2.05, 4.69) is 13.8 Å². The molecule has 106 valence electrons. The fraction of sp³-hybridized carbons (Fsp3) is 0.625. The molecule has 0 heterocycles. The first-order chi connectivity index (χ1) is 8.93. The maximum absolute atomic E-state index is 10.5. The van der Waals surface area contributed by atoms with Crippen LogP contribution in [0, 0.1) is 11.3 Å². The molecule has 0 spiro atoms. The minimum absolute atomic E-state index is 0.346. The molecule has 1 saturated carbocycles. The Morgan fingerprint density at radius 1 is 1.32 bits per heavy atom. The highest BCUT2D eigenvalue weighted by Gasteiger charge is 2.31. The number of methoxy groups -OCH3 is 1. The van der Waals surface area contributed by atoms with Crippen molar-refractivity contribution in [3.05, 3.63) is 28.8 Å². The van der Waals surface area contributed by atoms with Gasteiger partial charge in [-0.15, -0.1) is 0 Å². The van der Waals surface area contributed by atoms with E-state index >= 15 is 0 Å². The number of hydrogen-bond acceptors (Lipinski definition) is 2. The molecule has 1 atom stereocenters. The van der Waals surface area contributed by atoms with Crippen molar-refractivity contribution in [2.45, 2.75) is 45.6 Å². The smallest absolute Gasteiger partial charge is 0.137 e. The average molecular weight is 283 g/mol. The quantitative estimate of drug-likeness (QED) is 0.878. The fourth-order valence-electron chi connectivity index (χ4n) is 2.87. The highest BCUT2D eigenvalue weighted by molar-refractivity contribution is 6.32. The Labute approximate surface area is 120 Å². The van der Waals surface area contributed by atoms with Crippen LogP contribution in [0.1, 0.15) is 51.2 Å². The van der Waals surface area contributed by atoms with E-state index in [0.29, 0.717) is 22.1 Å². The van der Waals surface area contributed by atoms with Gasteiger partial charge in [-0.25, -0.2) is 0 Å². The fourth-order valence-corrected chi connectivity index (χ4v) is 3.06. The second kappa shape index (κ2) is 5.72. The van der Waals surface area contributed by atoms with Crippen molar-refractivity contribution in [3.8, 4) is 5.75 Å². The third-order valence-electron chi connectivity index (χ3n) is 4.35. The summed E-state index contributed by atoms with van der Waals surface area (Å²) in [4.78, 5) is 0. The molecule has 1 N–H and O–H groups in total. The van der Waals surface area contributed by atoms with Gasteiger partial charge in [-0.2, -0.15) is 0 Å². The van der Waals surface area contributed by atoms with Crippen LogP contribution >= 0.6 is 11.6 Å². The van der Waals surface area contributed by atoms with Gasteiger partial charge in [0.05, 0.1) is 18.2 Å². The van der Waals surface area contributed by atoms with Gasteiger partial charge in [0.25, 0.3) is 0 Å². The van der Waals surface area contributed by atoms with E-state index in [1.807, 2.05) is 12.1 Å². The third kappa shape index (κ3) is 3.43. The summed E-state index contributed by atoms with van der Waals surface area (Å²) < 4.78 is 5.21. The van der Waals surface area contributed by atoms with Crippen LogP contribution in [0.2, 0.25) is 5.02 Å². The Morgan fingerprint density at radius 2 is 1.95 bits per heavy atom. The first kappa shape index (κ1) is 14.7. The van der Waals surface area contributed by atoms with E-state index in [1.54, 1.807) is 13.2 Å². The first-order valence-corrected chi connectivity index (χ1v) is 7.32. The zero-order valence-corrected chi connectivity index (χ0v) is 12.7. The van der Waals surface area contributed by atoms with E-state index in [-0.39, 0.29) is 0 Å². The van der Waals surface area contributed by atoms with Gasteiger partial charge in [-0.3, -0.25) is 0 Å². The Hall–Kier alpha value is -0.730. The molecule has 0 bridgehead atoms. The third-order valence-corrected chi connectivity index (χ3v) is 4.66. The van der Waals surface area contributed by atoms with Crippen LogP contribution in [0.25, 0.3) is 0 Å². The van der Waals surface area contributed by atoms with Gasteiger partial charge in [0.15, 0.2) is 0 Å². The summed E-state index contributed by atoms with van der Waals surface area (Å²) in [6.07, 6.45) is 4.11. The highest BCUT2D eigenvalue weighted by atomic mass is 35.5. The SMILES string of the molecule is COc1cc(C(O)C2CCC(C)(C)CC2)ccc1Cl. The molecule has 19 heavy (non-hydrogen) atoms. The van der Waals surface area contributed by atoms with Crippen molar-refractivity contribution in [2.24, 2.45) is 11.3 Å².